The first-order valence-corrected chi connectivity index (χ1v) is 10.1. The van der Waals surface area contributed by atoms with E-state index in [4.69, 9.17) is 9.11 Å². The molecule has 2 aliphatic rings. The van der Waals surface area contributed by atoms with Gasteiger partial charge in [0, 0.05) is 6.54 Å². The molecule has 1 aromatic carbocycles. The Morgan fingerprint density at radius 3 is 2.26 bits per heavy atom. The van der Waals surface area contributed by atoms with Crippen LogP contribution in [-0.4, -0.2) is 95.1 Å². The van der Waals surface area contributed by atoms with Gasteiger partial charge in [0.15, 0.2) is 6.10 Å². The van der Waals surface area contributed by atoms with Crippen molar-refractivity contribution in [1.29, 1.82) is 0 Å². The van der Waals surface area contributed by atoms with Crippen LogP contribution >= 0.6 is 0 Å². The number of likely N-dealkylation sites (tertiary alicyclic amines) is 1. The Kier molecular flexibility index (Phi) is 6.38. The van der Waals surface area contributed by atoms with E-state index in [1.165, 1.54) is 24.3 Å². The molecule has 3 rings (SSSR count). The maximum atomic E-state index is 12.8. The molecule has 2 amide bonds. The summed E-state index contributed by atoms with van der Waals surface area (Å²) in [6, 6.07) is 5.37. The number of carbonyl (C=O) groups excluding carboxylic acids is 2. The van der Waals surface area contributed by atoms with Crippen LogP contribution in [0.2, 0.25) is 0 Å². The maximum absolute atomic E-state index is 12.8. The van der Waals surface area contributed by atoms with Crippen LogP contribution in [0.3, 0.4) is 0 Å². The molecule has 3 atom stereocenters. The molecule has 0 aromatic heterocycles. The van der Waals surface area contributed by atoms with Crippen molar-refractivity contribution < 1.29 is 39.7 Å². The normalized spacial score (nSPS) is 23.3. The van der Waals surface area contributed by atoms with Gasteiger partial charge in [-0.05, 0) is 12.0 Å². The Morgan fingerprint density at radius 1 is 1.15 bits per heavy atom. The Labute approximate surface area is 177 Å². The minimum absolute atomic E-state index is 0. The summed E-state index contributed by atoms with van der Waals surface area (Å²) < 4.78 is 67.4. The molecule has 2 aliphatic heterocycles. The minimum atomic E-state index is -4.99. The van der Waals surface area contributed by atoms with Gasteiger partial charge in [-0.2, -0.15) is 16.8 Å². The van der Waals surface area contributed by atoms with Crippen molar-refractivity contribution in [3.05, 3.63) is 35.9 Å². The standard InChI is InChI=1S/C13H14N2O9S2.Na.H/c16-12-10-9(15(12)25(18,19)20)6-7-14(10)13(17)11(24-26(21,22)23)8-4-2-1-3-5-8;;/h1-5,9-11H,6-7H2,(H,18,19,20)(H,21,22,23);;/t9-,10+,11-;;/m1../s1. The number of carbonyl (C=O) groups is 2. The second-order valence-electron chi connectivity index (χ2n) is 5.76. The van der Waals surface area contributed by atoms with E-state index in [0.717, 1.165) is 4.90 Å². The van der Waals surface area contributed by atoms with E-state index < -0.39 is 50.7 Å². The van der Waals surface area contributed by atoms with Gasteiger partial charge in [0.05, 0.1) is 6.04 Å². The molecule has 14 heteroatoms. The average molecular weight is 430 g/mol. The van der Waals surface area contributed by atoms with Crippen LogP contribution in [0, 0.1) is 0 Å². The van der Waals surface area contributed by atoms with Crippen molar-refractivity contribution >= 4 is 62.1 Å². The van der Waals surface area contributed by atoms with E-state index in [-0.39, 0.29) is 52.4 Å². The number of hydrogen-bond acceptors (Lipinski definition) is 7. The van der Waals surface area contributed by atoms with Gasteiger partial charge in [0.25, 0.3) is 11.8 Å². The summed E-state index contributed by atoms with van der Waals surface area (Å²) in [5, 5.41) is 0. The van der Waals surface area contributed by atoms with Crippen molar-refractivity contribution in [3.8, 4) is 0 Å². The van der Waals surface area contributed by atoms with Gasteiger partial charge in [-0.1, -0.05) is 30.3 Å². The molecular formula is C13H15N2NaO9S2. The van der Waals surface area contributed by atoms with E-state index in [0.29, 0.717) is 0 Å². The van der Waals surface area contributed by atoms with Gasteiger partial charge < -0.3 is 4.90 Å². The Bertz CT molecular complexity index is 951. The third kappa shape index (κ3) is 4.35. The van der Waals surface area contributed by atoms with E-state index in [2.05, 4.69) is 4.18 Å². The second-order valence-corrected chi connectivity index (χ2v) is 8.10. The molecule has 2 N–H and O–H groups in total. The van der Waals surface area contributed by atoms with Crippen LogP contribution in [0.15, 0.2) is 30.3 Å². The summed E-state index contributed by atoms with van der Waals surface area (Å²) in [4.78, 5) is 25.8. The number of β-lactam (4-membered cyclic amide) rings is 1. The van der Waals surface area contributed by atoms with Gasteiger partial charge in [0.2, 0.25) is 0 Å². The number of rotatable bonds is 5. The zero-order valence-electron chi connectivity index (χ0n) is 13.0. The fourth-order valence-corrected chi connectivity index (χ4v) is 4.54. The van der Waals surface area contributed by atoms with Crippen LogP contribution in [0.25, 0.3) is 0 Å². The van der Waals surface area contributed by atoms with Gasteiger partial charge in [-0.3, -0.25) is 18.7 Å². The van der Waals surface area contributed by atoms with Gasteiger partial charge in [-0.15, -0.1) is 0 Å². The SMILES string of the molecule is O=C([C@H](OS(=O)(=O)O)c1ccccc1)N1CC[C@@H]2[C@H]1C(=O)N2S(=O)(=O)O.[NaH]. The molecule has 144 valence electrons. The van der Waals surface area contributed by atoms with Crippen LogP contribution in [0.1, 0.15) is 18.1 Å². The number of amides is 2. The predicted octanol–water partition coefficient (Wildman–Crippen LogP) is -1.49. The molecule has 2 heterocycles. The topological polar surface area (TPSA) is 159 Å². The summed E-state index contributed by atoms with van der Waals surface area (Å²) in [7, 11) is -9.73. The molecule has 1 aromatic rings. The van der Waals surface area contributed by atoms with Crippen molar-refractivity contribution in [1.82, 2.24) is 9.21 Å². The molecule has 0 bridgehead atoms. The monoisotopic (exact) mass is 430 g/mol. The first-order valence-electron chi connectivity index (χ1n) is 7.32. The van der Waals surface area contributed by atoms with Crippen LogP contribution < -0.4 is 0 Å². The summed E-state index contributed by atoms with van der Waals surface area (Å²) in [6.45, 7) is -0.0515. The molecule has 27 heavy (non-hydrogen) atoms. The molecule has 0 unspecified atom stereocenters. The number of fused-ring (bicyclic) bond motifs is 1. The fraction of sp³-hybridized carbons (Fsp3) is 0.385. The quantitative estimate of drug-likeness (QED) is 0.322. The average Bonchev–Trinajstić information content (AvgIpc) is 2.89. The molecule has 0 spiro atoms. The van der Waals surface area contributed by atoms with Gasteiger partial charge >= 0.3 is 50.3 Å². The van der Waals surface area contributed by atoms with E-state index >= 15 is 0 Å². The number of benzene rings is 1. The van der Waals surface area contributed by atoms with Gasteiger partial charge in [0.1, 0.15) is 6.04 Å². The van der Waals surface area contributed by atoms with Crippen molar-refractivity contribution in [2.75, 3.05) is 6.54 Å². The van der Waals surface area contributed by atoms with Crippen LogP contribution in [0.4, 0.5) is 0 Å². The fourth-order valence-electron chi connectivity index (χ4n) is 3.20. The zero-order valence-corrected chi connectivity index (χ0v) is 14.6. The van der Waals surface area contributed by atoms with Crippen molar-refractivity contribution in [2.45, 2.75) is 24.6 Å². The second kappa shape index (κ2) is 7.75. The van der Waals surface area contributed by atoms with Gasteiger partial charge in [-0.25, -0.2) is 8.49 Å². The molecule has 0 saturated carbocycles. The molecule has 0 aliphatic carbocycles. The first kappa shape index (κ1) is 22.2. The Morgan fingerprint density at radius 2 is 1.74 bits per heavy atom. The summed E-state index contributed by atoms with van der Waals surface area (Å²) in [5.41, 5.74) is 0.122. The zero-order chi connectivity index (χ0) is 19.3. The number of hydrogen-bond donors (Lipinski definition) is 2. The predicted molar refractivity (Wildman–Crippen MR) is 91.3 cm³/mol. The molecule has 2 fully saturated rings. The first-order chi connectivity index (χ1) is 12.0. The molecule has 11 nitrogen and oxygen atoms in total. The summed E-state index contributed by atoms with van der Waals surface area (Å²) in [6.07, 6.45) is -1.66. The third-order valence-electron chi connectivity index (χ3n) is 4.21. The van der Waals surface area contributed by atoms with Crippen LogP contribution in [0.5, 0.6) is 0 Å². The Hall–Kier alpha value is -1.06. The van der Waals surface area contributed by atoms with E-state index in [9.17, 15) is 26.4 Å². The summed E-state index contributed by atoms with van der Waals surface area (Å²) >= 11 is 0. The molecule has 0 radical (unpaired) electrons. The molecule has 2 saturated heterocycles. The van der Waals surface area contributed by atoms with Crippen molar-refractivity contribution in [2.24, 2.45) is 0 Å². The van der Waals surface area contributed by atoms with E-state index in [1.54, 1.807) is 6.07 Å². The summed E-state index contributed by atoms with van der Waals surface area (Å²) in [5.74, 6) is -1.92. The number of nitrogens with zero attached hydrogens (tertiary/aromatic N) is 2. The van der Waals surface area contributed by atoms with Crippen LogP contribution in [-0.2, 0) is 34.5 Å². The third-order valence-corrected chi connectivity index (χ3v) is 5.60. The Balaban J connectivity index is 0.00000261. The van der Waals surface area contributed by atoms with E-state index in [1.807, 2.05) is 0 Å². The molecular weight excluding hydrogens is 415 g/mol. The van der Waals surface area contributed by atoms with Crippen molar-refractivity contribution in [3.63, 3.8) is 0 Å².